The van der Waals surface area contributed by atoms with Crippen molar-refractivity contribution in [3.63, 3.8) is 0 Å². The third kappa shape index (κ3) is 4.86. The highest BCUT2D eigenvalue weighted by Crippen LogP contribution is 2.17. The first-order valence-electron chi connectivity index (χ1n) is 8.60. The van der Waals surface area contributed by atoms with Gasteiger partial charge in [0.15, 0.2) is 0 Å². The fourth-order valence-corrected chi connectivity index (χ4v) is 2.63. The van der Waals surface area contributed by atoms with E-state index in [0.717, 1.165) is 11.5 Å². The van der Waals surface area contributed by atoms with Crippen LogP contribution in [0.2, 0.25) is 0 Å². The molecule has 7 nitrogen and oxygen atoms in total. The van der Waals surface area contributed by atoms with Crippen LogP contribution in [0.5, 0.6) is 11.5 Å². The van der Waals surface area contributed by atoms with Crippen LogP contribution in [-0.4, -0.2) is 62.4 Å². The fourth-order valence-electron chi connectivity index (χ4n) is 2.63. The third-order valence-electron chi connectivity index (χ3n) is 4.04. The Hall–Kier alpha value is -2.80. The summed E-state index contributed by atoms with van der Waals surface area (Å²) in [4.78, 5) is 18.6. The van der Waals surface area contributed by atoms with E-state index in [0.29, 0.717) is 50.8 Å². The summed E-state index contributed by atoms with van der Waals surface area (Å²) in [6.45, 7) is 3.48. The maximum Gasteiger partial charge on any atom is 0.254 e. The molecule has 1 aliphatic rings. The summed E-state index contributed by atoms with van der Waals surface area (Å²) in [5, 5.41) is 3.18. The number of morpholine rings is 1. The van der Waals surface area contributed by atoms with Crippen molar-refractivity contribution in [1.82, 2.24) is 9.88 Å². The van der Waals surface area contributed by atoms with Crippen LogP contribution in [0.4, 0.5) is 5.82 Å². The van der Waals surface area contributed by atoms with Crippen molar-refractivity contribution < 1.29 is 19.0 Å². The van der Waals surface area contributed by atoms with Crippen LogP contribution in [0.25, 0.3) is 0 Å². The molecule has 1 N–H and O–H groups in total. The molecule has 2 heterocycles. The highest BCUT2D eigenvalue weighted by atomic mass is 16.5. The van der Waals surface area contributed by atoms with E-state index < -0.39 is 0 Å². The molecule has 0 saturated carbocycles. The van der Waals surface area contributed by atoms with E-state index in [1.165, 1.54) is 0 Å². The van der Waals surface area contributed by atoms with Gasteiger partial charge in [-0.15, -0.1) is 0 Å². The smallest absolute Gasteiger partial charge is 0.254 e. The second-order valence-corrected chi connectivity index (χ2v) is 5.79. The zero-order valence-electron chi connectivity index (χ0n) is 14.8. The van der Waals surface area contributed by atoms with Gasteiger partial charge in [-0.05, 0) is 36.4 Å². The van der Waals surface area contributed by atoms with Crippen molar-refractivity contribution in [2.75, 3.05) is 51.9 Å². The molecule has 2 aromatic rings. The van der Waals surface area contributed by atoms with E-state index in [9.17, 15) is 4.79 Å². The van der Waals surface area contributed by atoms with Crippen LogP contribution >= 0.6 is 0 Å². The zero-order valence-corrected chi connectivity index (χ0v) is 14.8. The molecule has 138 valence electrons. The summed E-state index contributed by atoms with van der Waals surface area (Å²) in [6.07, 6.45) is 1.64. The fraction of sp³-hybridized carbons (Fsp3) is 0.368. The number of methoxy groups -OCH3 is 1. The number of hydrogen-bond acceptors (Lipinski definition) is 6. The van der Waals surface area contributed by atoms with Crippen molar-refractivity contribution in [1.29, 1.82) is 0 Å². The molecule has 7 heteroatoms. The van der Waals surface area contributed by atoms with Gasteiger partial charge in [-0.3, -0.25) is 4.79 Å². The van der Waals surface area contributed by atoms with E-state index in [4.69, 9.17) is 14.2 Å². The topological polar surface area (TPSA) is 72.9 Å². The minimum Gasteiger partial charge on any atom is -0.497 e. The number of amides is 1. The van der Waals surface area contributed by atoms with Crippen LogP contribution in [0, 0.1) is 0 Å². The van der Waals surface area contributed by atoms with E-state index in [-0.39, 0.29) is 5.91 Å². The molecule has 1 amide bonds. The Morgan fingerprint density at radius 2 is 1.92 bits per heavy atom. The van der Waals surface area contributed by atoms with Crippen LogP contribution in [-0.2, 0) is 4.74 Å². The number of benzene rings is 1. The van der Waals surface area contributed by atoms with Crippen molar-refractivity contribution in [3.05, 3.63) is 48.2 Å². The molecule has 1 aromatic heterocycles. The molecule has 0 bridgehead atoms. The Labute approximate surface area is 152 Å². The summed E-state index contributed by atoms with van der Waals surface area (Å²) >= 11 is 0. The van der Waals surface area contributed by atoms with Crippen LogP contribution in [0.15, 0.2) is 42.6 Å². The lowest BCUT2D eigenvalue weighted by Crippen LogP contribution is -2.40. The Bertz CT molecular complexity index is 715. The summed E-state index contributed by atoms with van der Waals surface area (Å²) < 4.78 is 16.1. The zero-order chi connectivity index (χ0) is 18.2. The summed E-state index contributed by atoms with van der Waals surface area (Å²) in [6, 6.07) is 10.9. The highest BCUT2D eigenvalue weighted by molar-refractivity contribution is 5.94. The molecule has 1 saturated heterocycles. The van der Waals surface area contributed by atoms with Crippen molar-refractivity contribution >= 4 is 11.7 Å². The molecule has 0 radical (unpaired) electrons. The number of carbonyl (C=O) groups is 1. The Morgan fingerprint density at radius 1 is 1.19 bits per heavy atom. The van der Waals surface area contributed by atoms with Crippen LogP contribution < -0.4 is 14.8 Å². The number of nitrogens with one attached hydrogen (secondary N) is 1. The quantitative estimate of drug-likeness (QED) is 0.765. The first kappa shape index (κ1) is 18.0. The number of aromatic nitrogens is 1. The third-order valence-corrected chi connectivity index (χ3v) is 4.04. The van der Waals surface area contributed by atoms with Crippen LogP contribution in [0.3, 0.4) is 0 Å². The van der Waals surface area contributed by atoms with Gasteiger partial charge in [-0.1, -0.05) is 0 Å². The van der Waals surface area contributed by atoms with Gasteiger partial charge in [0.25, 0.3) is 5.91 Å². The number of hydrogen-bond donors (Lipinski definition) is 1. The summed E-state index contributed by atoms with van der Waals surface area (Å²) in [7, 11) is 1.63. The SMILES string of the molecule is COc1ccc(OCCNc2cc(C(=O)N3CCOCC3)ccn2)cc1. The van der Waals surface area contributed by atoms with E-state index >= 15 is 0 Å². The van der Waals surface area contributed by atoms with E-state index in [1.807, 2.05) is 24.3 Å². The maximum absolute atomic E-state index is 12.5. The van der Waals surface area contributed by atoms with Gasteiger partial charge in [-0.25, -0.2) is 4.98 Å². The predicted octanol–water partition coefficient (Wildman–Crippen LogP) is 2.05. The summed E-state index contributed by atoms with van der Waals surface area (Å²) in [5.74, 6) is 2.23. The Morgan fingerprint density at radius 3 is 2.65 bits per heavy atom. The molecular formula is C19H23N3O4. The van der Waals surface area contributed by atoms with Gasteiger partial charge < -0.3 is 24.4 Å². The number of ether oxygens (including phenoxy) is 3. The molecule has 0 aliphatic carbocycles. The molecule has 26 heavy (non-hydrogen) atoms. The number of pyridine rings is 1. The standard InChI is InChI=1S/C19H23N3O4/c1-24-16-2-4-17(5-3-16)26-11-8-21-18-14-15(6-7-20-18)19(23)22-9-12-25-13-10-22/h2-7,14H,8-13H2,1H3,(H,20,21). The number of anilines is 1. The highest BCUT2D eigenvalue weighted by Gasteiger charge is 2.18. The second kappa shape index (κ2) is 9.05. The normalized spacial score (nSPS) is 14.0. The largest absolute Gasteiger partial charge is 0.497 e. The van der Waals surface area contributed by atoms with Gasteiger partial charge in [0.05, 0.1) is 26.9 Å². The monoisotopic (exact) mass is 357 g/mol. The van der Waals surface area contributed by atoms with E-state index in [1.54, 1.807) is 30.3 Å². The Kier molecular flexibility index (Phi) is 6.27. The first-order chi connectivity index (χ1) is 12.8. The number of carbonyl (C=O) groups excluding carboxylic acids is 1. The molecule has 0 unspecified atom stereocenters. The molecule has 1 aliphatic heterocycles. The minimum absolute atomic E-state index is 0.00762. The molecule has 1 aromatic carbocycles. The number of nitrogens with zero attached hydrogens (tertiary/aromatic N) is 2. The average molecular weight is 357 g/mol. The molecular weight excluding hydrogens is 334 g/mol. The van der Waals surface area contributed by atoms with Gasteiger partial charge in [0.2, 0.25) is 0 Å². The van der Waals surface area contributed by atoms with Crippen molar-refractivity contribution in [3.8, 4) is 11.5 Å². The number of rotatable bonds is 7. The van der Waals surface area contributed by atoms with Crippen molar-refractivity contribution in [2.24, 2.45) is 0 Å². The first-order valence-corrected chi connectivity index (χ1v) is 8.60. The van der Waals surface area contributed by atoms with Gasteiger partial charge >= 0.3 is 0 Å². The van der Waals surface area contributed by atoms with Crippen LogP contribution in [0.1, 0.15) is 10.4 Å². The van der Waals surface area contributed by atoms with Gasteiger partial charge in [-0.2, -0.15) is 0 Å². The van der Waals surface area contributed by atoms with Gasteiger partial charge in [0, 0.05) is 24.8 Å². The summed E-state index contributed by atoms with van der Waals surface area (Å²) in [5.41, 5.74) is 0.625. The molecule has 0 atom stereocenters. The lowest BCUT2D eigenvalue weighted by Gasteiger charge is -2.26. The second-order valence-electron chi connectivity index (χ2n) is 5.79. The molecule has 0 spiro atoms. The minimum atomic E-state index is 0.00762. The van der Waals surface area contributed by atoms with Gasteiger partial charge in [0.1, 0.15) is 23.9 Å². The molecule has 1 fully saturated rings. The average Bonchev–Trinajstić information content (AvgIpc) is 2.72. The molecule has 3 rings (SSSR count). The van der Waals surface area contributed by atoms with Crippen molar-refractivity contribution in [2.45, 2.75) is 0 Å². The van der Waals surface area contributed by atoms with E-state index in [2.05, 4.69) is 10.3 Å². The lowest BCUT2D eigenvalue weighted by atomic mass is 10.2. The maximum atomic E-state index is 12.5. The lowest BCUT2D eigenvalue weighted by molar-refractivity contribution is 0.0303. The Balaban J connectivity index is 1.48. The predicted molar refractivity (Wildman–Crippen MR) is 97.9 cm³/mol.